The Hall–Kier alpha value is -5.78. The summed E-state index contributed by atoms with van der Waals surface area (Å²) >= 11 is 1.79. The highest BCUT2D eigenvalue weighted by atomic mass is 32.2. The lowest BCUT2D eigenvalue weighted by Crippen LogP contribution is -2.23. The van der Waals surface area contributed by atoms with Crippen molar-refractivity contribution in [2.45, 2.75) is 9.79 Å². The summed E-state index contributed by atoms with van der Waals surface area (Å²) < 4.78 is 2.30. The number of anilines is 4. The molecule has 0 aliphatic carbocycles. The van der Waals surface area contributed by atoms with Crippen LogP contribution in [0.4, 0.5) is 22.7 Å². The van der Waals surface area contributed by atoms with Crippen molar-refractivity contribution in [1.82, 2.24) is 9.55 Å². The third kappa shape index (κ3) is 4.93. The monoisotopic (exact) mass is 622 g/mol. The summed E-state index contributed by atoms with van der Waals surface area (Å²) in [4.78, 5) is 12.0. The van der Waals surface area contributed by atoms with E-state index in [1.807, 2.05) is 6.20 Å². The standard InChI is InChI=1S/C42H30N4S/c1-3-12-30(13-4-1)31-24-25-43-42(26-31)46-38-19-8-7-18-36(38)37-23-22-35(28-41(37)46)47-34-17-11-16-33(27-34)45-29-44(32-14-5-2-6-15-32)39-20-9-10-21-40(39)45/h1-28H,29H2. The summed E-state index contributed by atoms with van der Waals surface area (Å²) in [6.07, 6.45) is 1.91. The fraction of sp³-hybridized carbons (Fsp3) is 0.0238. The fourth-order valence-electron chi connectivity index (χ4n) is 6.73. The highest BCUT2D eigenvalue weighted by molar-refractivity contribution is 7.99. The van der Waals surface area contributed by atoms with Crippen LogP contribution in [0, 0.1) is 0 Å². The molecule has 0 atom stereocenters. The van der Waals surface area contributed by atoms with Crippen LogP contribution in [-0.2, 0) is 0 Å². The summed E-state index contributed by atoms with van der Waals surface area (Å²) in [7, 11) is 0. The molecule has 0 saturated carbocycles. The van der Waals surface area contributed by atoms with Crippen LogP contribution in [0.5, 0.6) is 0 Å². The van der Waals surface area contributed by atoms with Crippen LogP contribution in [0.15, 0.2) is 180 Å². The van der Waals surface area contributed by atoms with E-state index in [0.717, 1.165) is 29.1 Å². The molecule has 0 unspecified atom stereocenters. The van der Waals surface area contributed by atoms with E-state index in [4.69, 9.17) is 4.98 Å². The second-order valence-corrected chi connectivity index (χ2v) is 12.9. The first-order valence-corrected chi connectivity index (χ1v) is 16.6. The first-order valence-electron chi connectivity index (χ1n) is 15.8. The van der Waals surface area contributed by atoms with E-state index >= 15 is 0 Å². The van der Waals surface area contributed by atoms with Gasteiger partial charge in [-0.25, -0.2) is 4.98 Å². The largest absolute Gasteiger partial charge is 0.321 e. The molecule has 47 heavy (non-hydrogen) atoms. The molecule has 6 aromatic carbocycles. The molecule has 0 fully saturated rings. The highest BCUT2D eigenvalue weighted by Crippen LogP contribution is 2.45. The van der Waals surface area contributed by atoms with Crippen molar-refractivity contribution in [3.63, 3.8) is 0 Å². The molecular formula is C42H30N4S. The molecule has 3 heterocycles. The number of aromatic nitrogens is 2. The van der Waals surface area contributed by atoms with E-state index < -0.39 is 0 Å². The highest BCUT2D eigenvalue weighted by Gasteiger charge is 2.27. The molecule has 4 nitrogen and oxygen atoms in total. The molecule has 8 aromatic rings. The van der Waals surface area contributed by atoms with E-state index in [-0.39, 0.29) is 0 Å². The first kappa shape index (κ1) is 27.5. The van der Waals surface area contributed by atoms with Crippen LogP contribution < -0.4 is 9.80 Å². The zero-order chi connectivity index (χ0) is 31.2. The van der Waals surface area contributed by atoms with Crippen molar-refractivity contribution in [2.24, 2.45) is 0 Å². The average molecular weight is 623 g/mol. The molecule has 2 aromatic heterocycles. The van der Waals surface area contributed by atoms with E-state index in [1.165, 1.54) is 48.9 Å². The quantitative estimate of drug-likeness (QED) is 0.184. The minimum Gasteiger partial charge on any atom is -0.321 e. The Morgan fingerprint density at radius 2 is 1.13 bits per heavy atom. The van der Waals surface area contributed by atoms with Gasteiger partial charge >= 0.3 is 0 Å². The van der Waals surface area contributed by atoms with Gasteiger partial charge < -0.3 is 9.80 Å². The number of hydrogen-bond acceptors (Lipinski definition) is 4. The van der Waals surface area contributed by atoms with Gasteiger partial charge in [-0.15, -0.1) is 0 Å². The maximum absolute atomic E-state index is 4.87. The lowest BCUT2D eigenvalue weighted by atomic mass is 10.1. The maximum Gasteiger partial charge on any atom is 0.138 e. The summed E-state index contributed by atoms with van der Waals surface area (Å²) in [6.45, 7) is 0.762. The smallest absolute Gasteiger partial charge is 0.138 e. The van der Waals surface area contributed by atoms with Gasteiger partial charge in [0.15, 0.2) is 0 Å². The summed E-state index contributed by atoms with van der Waals surface area (Å²) in [5, 5.41) is 2.45. The Morgan fingerprint density at radius 1 is 0.468 bits per heavy atom. The molecule has 1 aliphatic heterocycles. The zero-order valence-electron chi connectivity index (χ0n) is 25.6. The summed E-state index contributed by atoms with van der Waals surface area (Å²) in [5.41, 5.74) is 9.45. The number of para-hydroxylation sites is 4. The third-order valence-electron chi connectivity index (χ3n) is 8.91. The molecular weight excluding hydrogens is 593 g/mol. The maximum atomic E-state index is 4.87. The predicted octanol–water partition coefficient (Wildman–Crippen LogP) is 11.2. The van der Waals surface area contributed by atoms with Crippen LogP contribution in [0.3, 0.4) is 0 Å². The molecule has 0 radical (unpaired) electrons. The van der Waals surface area contributed by atoms with E-state index in [0.29, 0.717) is 0 Å². The van der Waals surface area contributed by atoms with Crippen LogP contribution >= 0.6 is 11.8 Å². The minimum absolute atomic E-state index is 0.762. The van der Waals surface area contributed by atoms with Crippen molar-refractivity contribution in [2.75, 3.05) is 16.5 Å². The summed E-state index contributed by atoms with van der Waals surface area (Å²) in [6, 6.07) is 58.4. The number of rotatable bonds is 6. The second-order valence-electron chi connectivity index (χ2n) is 11.7. The molecule has 1 aliphatic rings. The van der Waals surface area contributed by atoms with Crippen LogP contribution in [0.1, 0.15) is 0 Å². The number of pyridine rings is 1. The molecule has 0 saturated heterocycles. The van der Waals surface area contributed by atoms with Crippen molar-refractivity contribution < 1.29 is 0 Å². The van der Waals surface area contributed by atoms with Crippen LogP contribution in [0.2, 0.25) is 0 Å². The van der Waals surface area contributed by atoms with Crippen molar-refractivity contribution in [3.05, 3.63) is 170 Å². The van der Waals surface area contributed by atoms with Crippen molar-refractivity contribution in [3.8, 4) is 16.9 Å². The zero-order valence-corrected chi connectivity index (χ0v) is 26.4. The van der Waals surface area contributed by atoms with Gasteiger partial charge in [-0.05, 0) is 83.9 Å². The van der Waals surface area contributed by atoms with Crippen LogP contribution in [0.25, 0.3) is 38.8 Å². The Kier molecular flexibility index (Phi) is 6.76. The average Bonchev–Trinajstić information content (AvgIpc) is 3.69. The molecule has 0 spiro atoms. The SMILES string of the molecule is c1ccc(-c2ccnc(-n3c4ccccc4c4ccc(Sc5cccc(N6CN(c7ccccc7)c7ccccc76)c5)cc43)c2)cc1. The third-order valence-corrected chi connectivity index (χ3v) is 9.89. The second kappa shape index (κ2) is 11.5. The molecule has 9 rings (SSSR count). The van der Waals surface area contributed by atoms with E-state index in [2.05, 4.69) is 178 Å². The van der Waals surface area contributed by atoms with Gasteiger partial charge in [-0.1, -0.05) is 103 Å². The van der Waals surface area contributed by atoms with Gasteiger partial charge in [0.05, 0.1) is 22.4 Å². The van der Waals surface area contributed by atoms with Gasteiger partial charge in [0.25, 0.3) is 0 Å². The number of hydrogen-bond donors (Lipinski definition) is 0. The lowest BCUT2D eigenvalue weighted by Gasteiger charge is -2.22. The summed E-state index contributed by atoms with van der Waals surface area (Å²) in [5.74, 6) is 0.914. The topological polar surface area (TPSA) is 24.3 Å². The normalized spacial score (nSPS) is 12.6. The fourth-order valence-corrected chi connectivity index (χ4v) is 7.63. The van der Waals surface area contributed by atoms with Gasteiger partial charge in [0.1, 0.15) is 12.5 Å². The molecule has 0 amide bonds. The Labute approximate surface area is 278 Å². The van der Waals surface area contributed by atoms with E-state index in [9.17, 15) is 0 Å². The van der Waals surface area contributed by atoms with Crippen LogP contribution in [-0.4, -0.2) is 16.2 Å². The van der Waals surface area contributed by atoms with Crippen molar-refractivity contribution in [1.29, 1.82) is 0 Å². The number of benzene rings is 6. The Bertz CT molecular complexity index is 2380. The van der Waals surface area contributed by atoms with Gasteiger partial charge in [0, 0.05) is 38.1 Å². The lowest BCUT2D eigenvalue weighted by molar-refractivity contribution is 0.988. The molecule has 5 heteroatoms. The van der Waals surface area contributed by atoms with Crippen molar-refractivity contribution >= 4 is 56.3 Å². The Balaban J connectivity index is 1.09. The van der Waals surface area contributed by atoms with Gasteiger partial charge in [-0.3, -0.25) is 4.57 Å². The Morgan fingerprint density at radius 3 is 1.96 bits per heavy atom. The molecule has 0 bridgehead atoms. The number of fused-ring (bicyclic) bond motifs is 4. The van der Waals surface area contributed by atoms with Gasteiger partial charge in [0.2, 0.25) is 0 Å². The van der Waals surface area contributed by atoms with Gasteiger partial charge in [-0.2, -0.15) is 0 Å². The molecule has 0 N–H and O–H groups in total. The first-order chi connectivity index (χ1) is 23.3. The molecule has 224 valence electrons. The number of nitrogens with zero attached hydrogens (tertiary/aromatic N) is 4. The van der Waals surface area contributed by atoms with E-state index in [1.54, 1.807) is 11.8 Å². The minimum atomic E-state index is 0.762. The predicted molar refractivity (Wildman–Crippen MR) is 197 cm³/mol.